The summed E-state index contributed by atoms with van der Waals surface area (Å²) in [5.41, 5.74) is 0.574. The number of anilines is 1. The largest absolute Gasteiger partial charge is 0.496 e. The van der Waals surface area contributed by atoms with E-state index >= 15 is 0 Å². The Hall–Kier alpha value is -3.81. The van der Waals surface area contributed by atoms with E-state index in [1.165, 1.54) is 6.33 Å². The third-order valence-electron chi connectivity index (χ3n) is 5.46. The second-order valence-corrected chi connectivity index (χ2v) is 7.46. The lowest BCUT2D eigenvalue weighted by molar-refractivity contribution is 0.0670. The van der Waals surface area contributed by atoms with E-state index in [1.807, 2.05) is 48.2 Å². The highest BCUT2D eigenvalue weighted by molar-refractivity contribution is 5.97. The minimum absolute atomic E-state index is 0.00490. The van der Waals surface area contributed by atoms with Crippen LogP contribution in [0, 0.1) is 0 Å². The Morgan fingerprint density at radius 3 is 2.34 bits per heavy atom. The molecule has 1 fully saturated rings. The van der Waals surface area contributed by atoms with E-state index in [0.717, 1.165) is 5.82 Å². The molecule has 0 radical (unpaired) electrons. The first-order chi connectivity index (χ1) is 15.6. The van der Waals surface area contributed by atoms with Crippen LogP contribution < -0.4 is 19.1 Å². The first kappa shape index (κ1) is 21.4. The first-order valence-corrected chi connectivity index (χ1v) is 10.4. The molecule has 2 heterocycles. The Morgan fingerprint density at radius 2 is 1.62 bits per heavy atom. The number of aromatic nitrogens is 2. The number of carbonyl (C=O) groups excluding carboxylic acids is 1. The number of carbonyl (C=O) groups is 1. The van der Waals surface area contributed by atoms with E-state index < -0.39 is 0 Å². The van der Waals surface area contributed by atoms with E-state index in [-0.39, 0.29) is 11.9 Å². The van der Waals surface area contributed by atoms with Crippen LogP contribution >= 0.6 is 0 Å². The Balaban J connectivity index is 1.47. The molecule has 1 aliphatic heterocycles. The van der Waals surface area contributed by atoms with Crippen molar-refractivity contribution in [3.8, 4) is 23.1 Å². The molecule has 1 aliphatic rings. The average molecular weight is 434 g/mol. The van der Waals surface area contributed by atoms with Crippen LogP contribution in [0.2, 0.25) is 0 Å². The molecule has 1 atom stereocenters. The van der Waals surface area contributed by atoms with Gasteiger partial charge in [0.25, 0.3) is 5.91 Å². The minimum atomic E-state index is -0.0301. The molecule has 166 valence electrons. The van der Waals surface area contributed by atoms with Gasteiger partial charge >= 0.3 is 0 Å². The van der Waals surface area contributed by atoms with Crippen molar-refractivity contribution in [2.45, 2.75) is 13.0 Å². The van der Waals surface area contributed by atoms with Crippen LogP contribution in [0.15, 0.2) is 60.9 Å². The van der Waals surface area contributed by atoms with E-state index in [0.29, 0.717) is 48.3 Å². The number of benzene rings is 2. The summed E-state index contributed by atoms with van der Waals surface area (Å²) in [6.45, 7) is 3.90. The summed E-state index contributed by atoms with van der Waals surface area (Å²) in [5, 5.41) is 0. The lowest BCUT2D eigenvalue weighted by atomic mass is 10.1. The van der Waals surface area contributed by atoms with Gasteiger partial charge in [0.05, 0.1) is 19.8 Å². The first-order valence-electron chi connectivity index (χ1n) is 10.4. The number of rotatable bonds is 6. The van der Waals surface area contributed by atoms with Gasteiger partial charge in [-0.15, -0.1) is 0 Å². The summed E-state index contributed by atoms with van der Waals surface area (Å²) < 4.78 is 16.6. The highest BCUT2D eigenvalue weighted by atomic mass is 16.5. The molecule has 1 aromatic heterocycles. The molecule has 8 heteroatoms. The van der Waals surface area contributed by atoms with E-state index in [2.05, 4.69) is 14.9 Å². The van der Waals surface area contributed by atoms with Crippen LogP contribution in [0.1, 0.15) is 17.3 Å². The molecule has 0 N–H and O–H groups in total. The van der Waals surface area contributed by atoms with Gasteiger partial charge in [0.2, 0.25) is 5.88 Å². The molecular weight excluding hydrogens is 408 g/mol. The van der Waals surface area contributed by atoms with Crippen molar-refractivity contribution in [2.24, 2.45) is 0 Å². The Bertz CT molecular complexity index is 1090. The Morgan fingerprint density at radius 1 is 0.938 bits per heavy atom. The van der Waals surface area contributed by atoms with Gasteiger partial charge in [-0.2, -0.15) is 0 Å². The van der Waals surface area contributed by atoms with Gasteiger partial charge in [-0.1, -0.05) is 24.3 Å². The molecule has 1 saturated heterocycles. The smallest absolute Gasteiger partial charge is 0.257 e. The van der Waals surface area contributed by atoms with Crippen LogP contribution in [0.4, 0.5) is 5.82 Å². The second kappa shape index (κ2) is 9.55. The van der Waals surface area contributed by atoms with Gasteiger partial charge in [-0.25, -0.2) is 9.97 Å². The molecule has 1 unspecified atom stereocenters. The summed E-state index contributed by atoms with van der Waals surface area (Å²) >= 11 is 0. The van der Waals surface area contributed by atoms with Crippen molar-refractivity contribution in [3.05, 3.63) is 66.5 Å². The molecule has 0 aliphatic carbocycles. The molecule has 0 saturated carbocycles. The fourth-order valence-electron chi connectivity index (χ4n) is 3.82. The molecule has 0 spiro atoms. The van der Waals surface area contributed by atoms with Gasteiger partial charge in [0.15, 0.2) is 11.5 Å². The highest BCUT2D eigenvalue weighted by Crippen LogP contribution is 2.31. The van der Waals surface area contributed by atoms with Crippen LogP contribution in [0.25, 0.3) is 0 Å². The summed E-state index contributed by atoms with van der Waals surface area (Å²) in [6.07, 6.45) is 1.48. The number of ether oxygens (including phenoxy) is 3. The molecule has 4 rings (SSSR count). The predicted molar refractivity (Wildman–Crippen MR) is 121 cm³/mol. The van der Waals surface area contributed by atoms with Gasteiger partial charge in [-0.3, -0.25) is 4.79 Å². The van der Waals surface area contributed by atoms with E-state index in [1.54, 1.807) is 32.4 Å². The van der Waals surface area contributed by atoms with Crippen molar-refractivity contribution in [1.29, 1.82) is 0 Å². The number of nitrogens with zero attached hydrogens (tertiary/aromatic N) is 4. The summed E-state index contributed by atoms with van der Waals surface area (Å²) in [4.78, 5) is 25.8. The van der Waals surface area contributed by atoms with E-state index in [4.69, 9.17) is 14.2 Å². The molecule has 32 heavy (non-hydrogen) atoms. The number of methoxy groups -OCH3 is 2. The van der Waals surface area contributed by atoms with Gasteiger partial charge in [0, 0.05) is 31.7 Å². The maximum Gasteiger partial charge on any atom is 0.257 e. The molecule has 1 amide bonds. The van der Waals surface area contributed by atoms with Crippen LogP contribution in [-0.4, -0.2) is 60.7 Å². The van der Waals surface area contributed by atoms with Crippen LogP contribution in [0.5, 0.6) is 23.1 Å². The zero-order valence-electron chi connectivity index (χ0n) is 18.4. The fraction of sp³-hybridized carbons (Fsp3) is 0.292. The average Bonchev–Trinajstić information content (AvgIpc) is 2.84. The quantitative estimate of drug-likeness (QED) is 0.586. The molecule has 3 aromatic rings. The Labute approximate surface area is 187 Å². The summed E-state index contributed by atoms with van der Waals surface area (Å²) in [7, 11) is 3.17. The van der Waals surface area contributed by atoms with Crippen molar-refractivity contribution in [3.63, 3.8) is 0 Å². The molecule has 2 aromatic carbocycles. The lowest BCUT2D eigenvalue weighted by Gasteiger charge is -2.40. The molecule has 8 nitrogen and oxygen atoms in total. The summed E-state index contributed by atoms with van der Waals surface area (Å²) in [5.74, 6) is 2.95. The maximum absolute atomic E-state index is 13.1. The third kappa shape index (κ3) is 4.44. The topological polar surface area (TPSA) is 77.0 Å². The zero-order chi connectivity index (χ0) is 22.5. The monoisotopic (exact) mass is 434 g/mol. The number of hydrogen-bond acceptors (Lipinski definition) is 7. The van der Waals surface area contributed by atoms with Gasteiger partial charge in [-0.05, 0) is 31.2 Å². The maximum atomic E-state index is 13.1. The van der Waals surface area contributed by atoms with Crippen molar-refractivity contribution >= 4 is 11.7 Å². The zero-order valence-corrected chi connectivity index (χ0v) is 18.4. The highest BCUT2D eigenvalue weighted by Gasteiger charge is 2.30. The van der Waals surface area contributed by atoms with E-state index in [9.17, 15) is 4.79 Å². The van der Waals surface area contributed by atoms with Gasteiger partial charge in [0.1, 0.15) is 17.9 Å². The lowest BCUT2D eigenvalue weighted by Crippen LogP contribution is -2.54. The predicted octanol–water partition coefficient (Wildman–Crippen LogP) is 3.64. The third-order valence-corrected chi connectivity index (χ3v) is 5.46. The number of hydrogen-bond donors (Lipinski definition) is 0. The minimum Gasteiger partial charge on any atom is -0.496 e. The standard InChI is InChI=1S/C24H26N4O4/c1-17-15-27(12-13-28(17)24(29)18-8-4-5-9-19(18)30-2)22-14-23(26-16-25-22)32-21-11-7-6-10-20(21)31-3/h4-11,14,16-17H,12-13,15H2,1-3H3. The SMILES string of the molecule is COc1ccccc1Oc1cc(N2CCN(C(=O)c3ccccc3OC)C(C)C2)ncn1. The van der Waals surface area contributed by atoms with Crippen molar-refractivity contribution in [1.82, 2.24) is 14.9 Å². The van der Waals surface area contributed by atoms with Crippen LogP contribution in [-0.2, 0) is 0 Å². The normalized spacial score (nSPS) is 15.9. The second-order valence-electron chi connectivity index (χ2n) is 7.46. The number of para-hydroxylation sites is 3. The fourth-order valence-corrected chi connectivity index (χ4v) is 3.82. The van der Waals surface area contributed by atoms with Crippen LogP contribution in [0.3, 0.4) is 0 Å². The number of amides is 1. The molecular formula is C24H26N4O4. The van der Waals surface area contributed by atoms with Crippen molar-refractivity contribution in [2.75, 3.05) is 38.8 Å². The Kier molecular flexibility index (Phi) is 6.39. The molecule has 0 bridgehead atoms. The van der Waals surface area contributed by atoms with Gasteiger partial charge < -0.3 is 24.0 Å². The number of piperazine rings is 1. The summed E-state index contributed by atoms with van der Waals surface area (Å²) in [6, 6.07) is 16.5. The van der Waals surface area contributed by atoms with Crippen molar-refractivity contribution < 1.29 is 19.0 Å².